The van der Waals surface area contributed by atoms with Gasteiger partial charge in [0.15, 0.2) is 0 Å². The Morgan fingerprint density at radius 1 is 1.30 bits per heavy atom. The second-order valence-corrected chi connectivity index (χ2v) is 6.82. The highest BCUT2D eigenvalue weighted by Crippen LogP contribution is 2.37. The minimum atomic E-state index is -1.04. The van der Waals surface area contributed by atoms with E-state index in [1.807, 2.05) is 0 Å². The lowest BCUT2D eigenvalue weighted by atomic mass is 9.84. The summed E-state index contributed by atoms with van der Waals surface area (Å²) in [6.07, 6.45) is -0.914. The third-order valence-corrected chi connectivity index (χ3v) is 3.77. The van der Waals surface area contributed by atoms with Crippen LogP contribution in [-0.4, -0.2) is 53.3 Å². The fourth-order valence-electron chi connectivity index (χ4n) is 2.82. The maximum Gasteiger partial charge on any atom is 0.411 e. The van der Waals surface area contributed by atoms with Crippen molar-refractivity contribution >= 4 is 18.0 Å². The van der Waals surface area contributed by atoms with Crippen molar-refractivity contribution in [1.82, 2.24) is 4.90 Å². The monoisotopic (exact) mass is 327 g/mol. The summed E-state index contributed by atoms with van der Waals surface area (Å²) in [6.45, 7) is 11.0. The van der Waals surface area contributed by atoms with Gasteiger partial charge < -0.3 is 14.6 Å². The summed E-state index contributed by atoms with van der Waals surface area (Å²) in [7, 11) is 1.21. The van der Waals surface area contributed by atoms with E-state index >= 15 is 0 Å². The van der Waals surface area contributed by atoms with Crippen LogP contribution < -0.4 is 0 Å². The van der Waals surface area contributed by atoms with E-state index < -0.39 is 35.6 Å². The lowest BCUT2D eigenvalue weighted by Gasteiger charge is -2.28. The van der Waals surface area contributed by atoms with Crippen LogP contribution in [0.15, 0.2) is 12.2 Å². The van der Waals surface area contributed by atoms with Gasteiger partial charge in [-0.1, -0.05) is 12.2 Å². The number of carboxylic acids is 1. The van der Waals surface area contributed by atoms with Gasteiger partial charge in [-0.25, -0.2) is 9.59 Å². The van der Waals surface area contributed by atoms with Crippen molar-refractivity contribution in [1.29, 1.82) is 0 Å². The van der Waals surface area contributed by atoms with Crippen LogP contribution in [0.2, 0.25) is 0 Å². The third kappa shape index (κ3) is 4.71. The Balaban J connectivity index is 3.17. The Morgan fingerprint density at radius 3 is 2.26 bits per heavy atom. The first-order valence-electron chi connectivity index (χ1n) is 7.42. The first-order valence-corrected chi connectivity index (χ1v) is 7.42. The zero-order valence-corrected chi connectivity index (χ0v) is 14.3. The minimum absolute atomic E-state index is 0.183. The van der Waals surface area contributed by atoms with Gasteiger partial charge >= 0.3 is 18.0 Å². The predicted molar refractivity (Wildman–Crippen MR) is 82.8 cm³/mol. The Bertz CT molecular complexity index is 507. The minimum Gasteiger partial charge on any atom is -0.481 e. The molecule has 0 spiro atoms. The van der Waals surface area contributed by atoms with Crippen LogP contribution in [0.1, 0.15) is 34.1 Å². The Kier molecular flexibility index (Phi) is 5.80. The smallest absolute Gasteiger partial charge is 0.411 e. The van der Waals surface area contributed by atoms with Crippen molar-refractivity contribution in [3.63, 3.8) is 0 Å². The molecule has 0 unspecified atom stereocenters. The van der Waals surface area contributed by atoms with Gasteiger partial charge in [0.25, 0.3) is 0 Å². The van der Waals surface area contributed by atoms with Crippen molar-refractivity contribution in [3.05, 3.63) is 12.2 Å². The average Bonchev–Trinajstić information content (AvgIpc) is 2.74. The lowest BCUT2D eigenvalue weighted by Crippen LogP contribution is -2.46. The normalized spacial score (nSPS) is 24.2. The topological polar surface area (TPSA) is 93.1 Å². The van der Waals surface area contributed by atoms with E-state index in [0.717, 1.165) is 5.57 Å². The summed E-state index contributed by atoms with van der Waals surface area (Å²) in [5.74, 6) is -2.58. The van der Waals surface area contributed by atoms with Crippen LogP contribution in [0.3, 0.4) is 0 Å². The molecule has 3 atom stereocenters. The molecule has 0 radical (unpaired) electrons. The van der Waals surface area contributed by atoms with Crippen molar-refractivity contribution in [2.45, 2.75) is 45.8 Å². The van der Waals surface area contributed by atoms with E-state index in [4.69, 9.17) is 14.6 Å². The molecule has 23 heavy (non-hydrogen) atoms. The van der Waals surface area contributed by atoms with E-state index in [9.17, 15) is 14.4 Å². The number of ether oxygens (including phenoxy) is 2. The van der Waals surface area contributed by atoms with Crippen LogP contribution >= 0.6 is 0 Å². The second kappa shape index (κ2) is 7.02. The van der Waals surface area contributed by atoms with Crippen molar-refractivity contribution in [2.75, 3.05) is 13.7 Å². The quantitative estimate of drug-likeness (QED) is 0.627. The molecule has 7 nitrogen and oxygen atoms in total. The summed E-state index contributed by atoms with van der Waals surface area (Å²) in [5.41, 5.74) is -0.00216. The van der Waals surface area contributed by atoms with E-state index in [2.05, 4.69) is 6.58 Å². The lowest BCUT2D eigenvalue weighted by molar-refractivity contribution is -0.148. The average molecular weight is 327 g/mol. The van der Waals surface area contributed by atoms with Crippen LogP contribution in [0, 0.1) is 11.8 Å². The van der Waals surface area contributed by atoms with E-state index in [1.54, 1.807) is 27.7 Å². The van der Waals surface area contributed by atoms with Crippen LogP contribution in [-0.2, 0) is 19.1 Å². The van der Waals surface area contributed by atoms with Gasteiger partial charge in [-0.05, 0) is 27.7 Å². The molecule has 1 N–H and O–H groups in total. The SMILES string of the molecule is C=C(C)[C@H]1CN(C(=O)OC(C)(C)C)[C@H](C(=O)OC)[C@H]1CC(=O)O. The molecule has 0 aliphatic carbocycles. The molecule has 7 heteroatoms. The summed E-state index contributed by atoms with van der Waals surface area (Å²) < 4.78 is 10.1. The van der Waals surface area contributed by atoms with Gasteiger partial charge in [-0.15, -0.1) is 0 Å². The second-order valence-electron chi connectivity index (χ2n) is 6.82. The number of amides is 1. The largest absolute Gasteiger partial charge is 0.481 e. The Labute approximate surface area is 136 Å². The Morgan fingerprint density at radius 2 is 1.87 bits per heavy atom. The highest BCUT2D eigenvalue weighted by Gasteiger charge is 2.50. The molecular weight excluding hydrogens is 302 g/mol. The van der Waals surface area contributed by atoms with Crippen molar-refractivity contribution < 1.29 is 29.0 Å². The van der Waals surface area contributed by atoms with Crippen LogP contribution in [0.5, 0.6) is 0 Å². The number of carbonyl (C=O) groups excluding carboxylic acids is 2. The van der Waals surface area contributed by atoms with Gasteiger partial charge in [0.1, 0.15) is 11.6 Å². The molecule has 1 aliphatic heterocycles. The molecule has 0 aromatic heterocycles. The fraction of sp³-hybridized carbons (Fsp3) is 0.688. The van der Waals surface area contributed by atoms with Gasteiger partial charge in [-0.3, -0.25) is 9.69 Å². The van der Waals surface area contributed by atoms with Gasteiger partial charge in [0.2, 0.25) is 0 Å². The number of likely N-dealkylation sites (tertiary alicyclic amines) is 1. The number of nitrogens with zero attached hydrogens (tertiary/aromatic N) is 1. The molecule has 1 saturated heterocycles. The van der Waals surface area contributed by atoms with E-state index in [1.165, 1.54) is 12.0 Å². The van der Waals surface area contributed by atoms with E-state index in [-0.39, 0.29) is 18.9 Å². The molecule has 1 rings (SSSR count). The maximum atomic E-state index is 12.4. The van der Waals surface area contributed by atoms with Crippen LogP contribution in [0.25, 0.3) is 0 Å². The molecule has 1 heterocycles. The number of carboxylic acid groups (broad SMARTS) is 1. The molecule has 0 bridgehead atoms. The fourth-order valence-corrected chi connectivity index (χ4v) is 2.82. The van der Waals surface area contributed by atoms with Crippen molar-refractivity contribution in [2.24, 2.45) is 11.8 Å². The molecule has 1 aliphatic rings. The highest BCUT2D eigenvalue weighted by molar-refractivity contribution is 5.83. The number of hydrogen-bond donors (Lipinski definition) is 1. The number of carbonyl (C=O) groups is 3. The number of aliphatic carboxylic acids is 1. The maximum absolute atomic E-state index is 12.4. The highest BCUT2D eigenvalue weighted by atomic mass is 16.6. The zero-order chi connectivity index (χ0) is 17.9. The van der Waals surface area contributed by atoms with E-state index in [0.29, 0.717) is 0 Å². The predicted octanol–water partition coefficient (Wildman–Crippen LogP) is 2.06. The summed E-state index contributed by atoms with van der Waals surface area (Å²) in [6, 6.07) is -0.993. The first kappa shape index (κ1) is 19.0. The number of esters is 1. The van der Waals surface area contributed by atoms with Crippen molar-refractivity contribution in [3.8, 4) is 0 Å². The molecule has 1 fully saturated rings. The number of hydrogen-bond acceptors (Lipinski definition) is 5. The molecular formula is C16H25NO6. The van der Waals surface area contributed by atoms with Crippen LogP contribution in [0.4, 0.5) is 4.79 Å². The molecule has 0 aromatic rings. The first-order chi connectivity index (χ1) is 10.5. The summed E-state index contributed by atoms with van der Waals surface area (Å²) in [5, 5.41) is 9.14. The summed E-state index contributed by atoms with van der Waals surface area (Å²) in [4.78, 5) is 37.0. The number of methoxy groups -OCH3 is 1. The summed E-state index contributed by atoms with van der Waals surface area (Å²) >= 11 is 0. The number of rotatable bonds is 4. The van der Waals surface area contributed by atoms with Gasteiger partial charge in [0, 0.05) is 18.4 Å². The van der Waals surface area contributed by atoms with Gasteiger partial charge in [0.05, 0.1) is 13.5 Å². The van der Waals surface area contributed by atoms with Gasteiger partial charge in [-0.2, -0.15) is 0 Å². The molecule has 1 amide bonds. The molecule has 0 saturated carbocycles. The standard InChI is InChI=1S/C16H25NO6/c1-9(2)11-8-17(15(21)23-16(3,4)5)13(14(20)22-6)10(11)7-12(18)19/h10-11,13H,1,7-8H2,2-6H3,(H,18,19)/t10-,11+,13-/m0/s1. The Hall–Kier alpha value is -2.05. The zero-order valence-electron chi connectivity index (χ0n) is 14.3. The molecule has 0 aromatic carbocycles. The molecule has 130 valence electrons. The third-order valence-electron chi connectivity index (χ3n) is 3.77.